The molecule has 1 aromatic carbocycles. The lowest BCUT2D eigenvalue weighted by Gasteiger charge is -2.09. The van der Waals surface area contributed by atoms with Crippen LogP contribution in [0.5, 0.6) is 5.75 Å². The number of carbonyl (C=O) groups is 1. The van der Waals surface area contributed by atoms with Gasteiger partial charge >= 0.3 is 0 Å². The van der Waals surface area contributed by atoms with Crippen molar-refractivity contribution in [1.82, 2.24) is 19.6 Å². The molecule has 1 N–H and O–H groups in total. The SMILES string of the molecule is COc1ccc(F)cc1-c1ccc2nc(C(=O)NCCN(C)C)cn2c1. The number of likely N-dealkylation sites (N-methyl/N-ethyl adjacent to an activating group) is 1. The molecule has 2 heterocycles. The van der Waals surface area contributed by atoms with Gasteiger partial charge in [0.2, 0.25) is 0 Å². The molecule has 0 aliphatic heterocycles. The molecule has 3 rings (SSSR count). The van der Waals surface area contributed by atoms with Gasteiger partial charge in [-0.15, -0.1) is 0 Å². The number of nitrogens with one attached hydrogen (secondary N) is 1. The average molecular weight is 356 g/mol. The first-order valence-electron chi connectivity index (χ1n) is 8.23. The number of hydrogen-bond donors (Lipinski definition) is 1. The van der Waals surface area contributed by atoms with Crippen molar-refractivity contribution in [1.29, 1.82) is 0 Å². The van der Waals surface area contributed by atoms with Crippen molar-refractivity contribution in [3.63, 3.8) is 0 Å². The topological polar surface area (TPSA) is 58.9 Å². The average Bonchev–Trinajstić information content (AvgIpc) is 3.04. The molecule has 0 saturated carbocycles. The minimum absolute atomic E-state index is 0.222. The first kappa shape index (κ1) is 17.9. The fourth-order valence-electron chi connectivity index (χ4n) is 2.65. The monoisotopic (exact) mass is 356 g/mol. The number of ether oxygens (including phenoxy) is 1. The highest BCUT2D eigenvalue weighted by Crippen LogP contribution is 2.30. The smallest absolute Gasteiger partial charge is 0.271 e. The molecule has 26 heavy (non-hydrogen) atoms. The number of aromatic nitrogens is 2. The number of imidazole rings is 1. The Kier molecular flexibility index (Phi) is 5.18. The standard InChI is InChI=1S/C19H21FN4O2/c1-23(2)9-8-21-19(25)16-12-24-11-13(4-7-18(24)22-16)15-10-14(20)5-6-17(15)26-3/h4-7,10-12H,8-9H2,1-3H3,(H,21,25). The lowest BCUT2D eigenvalue weighted by atomic mass is 10.1. The first-order valence-corrected chi connectivity index (χ1v) is 8.23. The number of carbonyl (C=O) groups excluding carboxylic acids is 1. The third-order valence-corrected chi connectivity index (χ3v) is 4.00. The van der Waals surface area contributed by atoms with E-state index in [1.165, 1.54) is 12.1 Å². The molecule has 7 heteroatoms. The van der Waals surface area contributed by atoms with Crippen LogP contribution >= 0.6 is 0 Å². The third kappa shape index (κ3) is 3.83. The molecule has 0 spiro atoms. The molecule has 3 aromatic rings. The molecule has 0 fully saturated rings. The van der Waals surface area contributed by atoms with Crippen LogP contribution in [0.2, 0.25) is 0 Å². The molecule has 2 aromatic heterocycles. The van der Waals surface area contributed by atoms with Gasteiger partial charge in [0.15, 0.2) is 0 Å². The van der Waals surface area contributed by atoms with E-state index in [-0.39, 0.29) is 11.7 Å². The van der Waals surface area contributed by atoms with Crippen molar-refractivity contribution < 1.29 is 13.9 Å². The Labute approximate surface area is 151 Å². The van der Waals surface area contributed by atoms with Crippen molar-refractivity contribution >= 4 is 11.6 Å². The normalized spacial score (nSPS) is 11.1. The Morgan fingerprint density at radius 1 is 1.27 bits per heavy atom. The number of hydrogen-bond acceptors (Lipinski definition) is 4. The maximum Gasteiger partial charge on any atom is 0.271 e. The number of benzene rings is 1. The summed E-state index contributed by atoms with van der Waals surface area (Å²) in [5.41, 5.74) is 2.39. The van der Waals surface area contributed by atoms with Crippen LogP contribution in [0.3, 0.4) is 0 Å². The van der Waals surface area contributed by atoms with E-state index in [9.17, 15) is 9.18 Å². The van der Waals surface area contributed by atoms with E-state index in [1.54, 1.807) is 36.0 Å². The summed E-state index contributed by atoms with van der Waals surface area (Å²) in [4.78, 5) is 18.5. The van der Waals surface area contributed by atoms with E-state index in [4.69, 9.17) is 4.74 Å². The third-order valence-electron chi connectivity index (χ3n) is 4.00. The van der Waals surface area contributed by atoms with Crippen molar-refractivity contribution in [3.05, 3.63) is 54.2 Å². The number of fused-ring (bicyclic) bond motifs is 1. The van der Waals surface area contributed by atoms with E-state index >= 15 is 0 Å². The molecule has 0 unspecified atom stereocenters. The van der Waals surface area contributed by atoms with E-state index in [0.717, 1.165) is 12.1 Å². The van der Waals surface area contributed by atoms with Gasteiger partial charge in [0.05, 0.1) is 7.11 Å². The maximum atomic E-state index is 13.6. The maximum absolute atomic E-state index is 13.6. The van der Waals surface area contributed by atoms with Crippen molar-refractivity contribution in [2.24, 2.45) is 0 Å². The number of pyridine rings is 1. The molecule has 0 aliphatic carbocycles. The predicted octanol–water partition coefficient (Wildman–Crippen LogP) is 2.44. The zero-order chi connectivity index (χ0) is 18.7. The summed E-state index contributed by atoms with van der Waals surface area (Å²) in [6, 6.07) is 7.98. The van der Waals surface area contributed by atoms with Crippen molar-refractivity contribution in [3.8, 4) is 16.9 Å². The van der Waals surface area contributed by atoms with E-state index in [1.807, 2.05) is 25.1 Å². The van der Waals surface area contributed by atoms with E-state index < -0.39 is 0 Å². The summed E-state index contributed by atoms with van der Waals surface area (Å²) in [7, 11) is 5.43. The van der Waals surface area contributed by atoms with Crippen LogP contribution in [0.15, 0.2) is 42.7 Å². The van der Waals surface area contributed by atoms with Gasteiger partial charge in [0.25, 0.3) is 5.91 Å². The molecular formula is C19H21FN4O2. The molecule has 1 amide bonds. The molecule has 136 valence electrons. The second-order valence-electron chi connectivity index (χ2n) is 6.21. The molecule has 0 radical (unpaired) electrons. The van der Waals surface area contributed by atoms with Gasteiger partial charge in [0.1, 0.15) is 22.9 Å². The number of halogens is 1. The summed E-state index contributed by atoms with van der Waals surface area (Å²) in [6.45, 7) is 1.30. The van der Waals surface area contributed by atoms with Gasteiger partial charge < -0.3 is 19.4 Å². The quantitative estimate of drug-likeness (QED) is 0.737. The highest BCUT2D eigenvalue weighted by atomic mass is 19.1. The molecule has 0 aliphatic rings. The number of methoxy groups -OCH3 is 1. The van der Waals surface area contributed by atoms with Gasteiger partial charge in [-0.3, -0.25) is 4.79 Å². The Hall–Kier alpha value is -2.93. The van der Waals surface area contributed by atoms with Crippen LogP contribution in [0, 0.1) is 5.82 Å². The lowest BCUT2D eigenvalue weighted by molar-refractivity contribution is 0.0946. The minimum Gasteiger partial charge on any atom is -0.496 e. The Balaban J connectivity index is 1.88. The zero-order valence-electron chi connectivity index (χ0n) is 15.0. The Morgan fingerprint density at radius 2 is 2.08 bits per heavy atom. The molecular weight excluding hydrogens is 335 g/mol. The summed E-state index contributed by atoms with van der Waals surface area (Å²) >= 11 is 0. The molecule has 0 atom stereocenters. The van der Waals surface area contributed by atoms with Gasteiger partial charge in [-0.1, -0.05) is 0 Å². The van der Waals surface area contributed by atoms with E-state index in [0.29, 0.717) is 29.2 Å². The lowest BCUT2D eigenvalue weighted by Crippen LogP contribution is -2.31. The Morgan fingerprint density at radius 3 is 2.81 bits per heavy atom. The van der Waals surface area contributed by atoms with Crippen molar-refractivity contribution in [2.45, 2.75) is 0 Å². The minimum atomic E-state index is -0.340. The van der Waals surface area contributed by atoms with Crippen LogP contribution in [-0.4, -0.2) is 54.5 Å². The summed E-state index contributed by atoms with van der Waals surface area (Å²) < 4.78 is 20.7. The fraction of sp³-hybridized carbons (Fsp3) is 0.263. The summed E-state index contributed by atoms with van der Waals surface area (Å²) in [5, 5.41) is 2.84. The van der Waals surface area contributed by atoms with Crippen LogP contribution in [0.4, 0.5) is 4.39 Å². The van der Waals surface area contributed by atoms with Crippen LogP contribution in [0.25, 0.3) is 16.8 Å². The van der Waals surface area contributed by atoms with Crippen LogP contribution in [0.1, 0.15) is 10.5 Å². The predicted molar refractivity (Wildman–Crippen MR) is 98.0 cm³/mol. The number of nitrogens with zero attached hydrogens (tertiary/aromatic N) is 3. The van der Waals surface area contributed by atoms with Gasteiger partial charge in [-0.2, -0.15) is 0 Å². The molecule has 0 saturated heterocycles. The van der Waals surface area contributed by atoms with Crippen molar-refractivity contribution in [2.75, 3.05) is 34.3 Å². The molecule has 6 nitrogen and oxygen atoms in total. The van der Waals surface area contributed by atoms with Crippen LogP contribution in [-0.2, 0) is 0 Å². The summed E-state index contributed by atoms with van der Waals surface area (Å²) in [6.07, 6.45) is 3.46. The van der Waals surface area contributed by atoms with Gasteiger partial charge in [-0.05, 0) is 44.4 Å². The first-order chi connectivity index (χ1) is 12.5. The second-order valence-corrected chi connectivity index (χ2v) is 6.21. The molecule has 0 bridgehead atoms. The number of amides is 1. The summed E-state index contributed by atoms with van der Waals surface area (Å²) in [5.74, 6) is 0.0143. The number of rotatable bonds is 6. The van der Waals surface area contributed by atoms with Crippen LogP contribution < -0.4 is 10.1 Å². The fourth-order valence-corrected chi connectivity index (χ4v) is 2.65. The highest BCUT2D eigenvalue weighted by Gasteiger charge is 2.13. The van der Waals surface area contributed by atoms with E-state index in [2.05, 4.69) is 10.3 Å². The highest BCUT2D eigenvalue weighted by molar-refractivity contribution is 5.92. The zero-order valence-corrected chi connectivity index (χ0v) is 15.0. The largest absolute Gasteiger partial charge is 0.496 e. The Bertz CT molecular complexity index is 936. The second kappa shape index (κ2) is 7.53. The van der Waals surface area contributed by atoms with Gasteiger partial charge in [0, 0.05) is 36.6 Å². The van der Waals surface area contributed by atoms with Gasteiger partial charge in [-0.25, -0.2) is 9.37 Å².